The van der Waals surface area contributed by atoms with Crippen LogP contribution in [-0.4, -0.2) is 39.9 Å². The Bertz CT molecular complexity index is 861. The van der Waals surface area contributed by atoms with Crippen molar-refractivity contribution in [2.24, 2.45) is 4.99 Å². The lowest BCUT2D eigenvalue weighted by Crippen LogP contribution is -2.38. The molecule has 0 saturated heterocycles. The van der Waals surface area contributed by atoms with E-state index in [0.29, 0.717) is 19.0 Å². The van der Waals surface area contributed by atoms with Crippen molar-refractivity contribution in [2.45, 2.75) is 26.9 Å². The molecule has 0 amide bonds. The summed E-state index contributed by atoms with van der Waals surface area (Å²) < 4.78 is 5.59. The van der Waals surface area contributed by atoms with Crippen molar-refractivity contribution in [3.63, 3.8) is 0 Å². The minimum atomic E-state index is 0.485. The summed E-state index contributed by atoms with van der Waals surface area (Å²) in [7, 11) is 3.72. The van der Waals surface area contributed by atoms with Crippen molar-refractivity contribution in [1.29, 1.82) is 0 Å². The van der Waals surface area contributed by atoms with E-state index >= 15 is 0 Å². The number of hydrogen-bond donors (Lipinski definition) is 2. The van der Waals surface area contributed by atoms with E-state index in [-0.39, 0.29) is 0 Å². The van der Waals surface area contributed by atoms with Crippen LogP contribution in [0.3, 0.4) is 0 Å². The van der Waals surface area contributed by atoms with Crippen molar-refractivity contribution < 1.29 is 4.42 Å². The van der Waals surface area contributed by atoms with E-state index in [1.165, 1.54) is 0 Å². The van der Waals surface area contributed by atoms with Gasteiger partial charge >= 0.3 is 0 Å². The number of rotatable bonds is 5. The van der Waals surface area contributed by atoms with E-state index in [2.05, 4.69) is 37.4 Å². The van der Waals surface area contributed by atoms with Gasteiger partial charge < -0.3 is 19.6 Å². The summed E-state index contributed by atoms with van der Waals surface area (Å²) in [6.45, 7) is 4.94. The smallest absolute Gasteiger partial charge is 0.214 e. The summed E-state index contributed by atoms with van der Waals surface area (Å²) in [6.07, 6.45) is 1.85. The molecule has 2 N–H and O–H groups in total. The Morgan fingerprint density at radius 3 is 2.69 bits per heavy atom. The lowest BCUT2D eigenvalue weighted by Gasteiger charge is -2.20. The highest BCUT2D eigenvalue weighted by Crippen LogP contribution is 2.16. The van der Waals surface area contributed by atoms with Gasteiger partial charge in [-0.3, -0.25) is 4.99 Å². The number of aliphatic imine (C=N–C) groups is 1. The molecule has 0 atom stereocenters. The van der Waals surface area contributed by atoms with Crippen LogP contribution in [0, 0.1) is 13.8 Å². The number of aryl methyl sites for hydroxylation is 2. The first-order valence-corrected chi connectivity index (χ1v) is 8.51. The monoisotopic (exact) mass is 352 g/mol. The Labute approximate surface area is 153 Å². The summed E-state index contributed by atoms with van der Waals surface area (Å²) in [4.78, 5) is 18.5. The lowest BCUT2D eigenvalue weighted by atomic mass is 10.2. The molecule has 0 aliphatic rings. The molecular weight excluding hydrogens is 328 g/mol. The maximum Gasteiger partial charge on any atom is 0.214 e. The van der Waals surface area contributed by atoms with Crippen LogP contribution in [-0.2, 0) is 13.1 Å². The molecule has 0 bridgehead atoms. The number of aromatic nitrogens is 3. The SMILES string of the molecule is CN=C(NCc1nc(C)c(C)o1)N(C)Cc1ncc(-c2ccccc2)[nH]1. The fraction of sp³-hybridized carbons (Fsp3) is 0.316. The fourth-order valence-electron chi connectivity index (χ4n) is 2.66. The zero-order valence-electron chi connectivity index (χ0n) is 15.6. The van der Waals surface area contributed by atoms with Crippen LogP contribution in [0.15, 0.2) is 45.9 Å². The summed E-state index contributed by atoms with van der Waals surface area (Å²) in [5.41, 5.74) is 3.03. The highest BCUT2D eigenvalue weighted by atomic mass is 16.4. The fourth-order valence-corrected chi connectivity index (χ4v) is 2.66. The van der Waals surface area contributed by atoms with Crippen molar-refractivity contribution in [3.8, 4) is 11.3 Å². The molecule has 0 unspecified atom stereocenters. The van der Waals surface area contributed by atoms with Gasteiger partial charge in [-0.25, -0.2) is 9.97 Å². The third-order valence-electron chi connectivity index (χ3n) is 4.14. The Kier molecular flexibility index (Phi) is 5.36. The molecule has 2 aromatic heterocycles. The Balaban J connectivity index is 1.61. The van der Waals surface area contributed by atoms with Gasteiger partial charge in [-0.1, -0.05) is 30.3 Å². The van der Waals surface area contributed by atoms with Gasteiger partial charge in [-0.15, -0.1) is 0 Å². The molecule has 0 radical (unpaired) electrons. The van der Waals surface area contributed by atoms with Crippen molar-refractivity contribution in [1.82, 2.24) is 25.2 Å². The number of oxazole rings is 1. The molecule has 1 aromatic carbocycles. The Hall–Kier alpha value is -3.09. The van der Waals surface area contributed by atoms with Crippen LogP contribution < -0.4 is 5.32 Å². The lowest BCUT2D eigenvalue weighted by molar-refractivity contribution is 0.438. The molecule has 7 heteroatoms. The third kappa shape index (κ3) is 4.11. The van der Waals surface area contributed by atoms with Gasteiger partial charge in [0.25, 0.3) is 0 Å². The molecular formula is C19H24N6O. The number of hydrogen-bond acceptors (Lipinski definition) is 4. The number of guanidine groups is 1. The summed E-state index contributed by atoms with van der Waals surface area (Å²) in [6, 6.07) is 10.1. The quantitative estimate of drug-likeness (QED) is 0.545. The van der Waals surface area contributed by atoms with E-state index in [4.69, 9.17) is 4.42 Å². The Morgan fingerprint density at radius 2 is 2.04 bits per heavy atom. The van der Waals surface area contributed by atoms with E-state index in [9.17, 15) is 0 Å². The van der Waals surface area contributed by atoms with Crippen LogP contribution in [0.25, 0.3) is 11.3 Å². The predicted octanol–water partition coefficient (Wildman–Crippen LogP) is 2.89. The molecule has 2 heterocycles. The maximum absolute atomic E-state index is 5.59. The minimum Gasteiger partial charge on any atom is -0.444 e. The molecule has 0 aliphatic carbocycles. The largest absolute Gasteiger partial charge is 0.444 e. The second-order valence-electron chi connectivity index (χ2n) is 6.12. The van der Waals surface area contributed by atoms with Crippen LogP contribution in [0.4, 0.5) is 0 Å². The average Bonchev–Trinajstić information content (AvgIpc) is 3.23. The van der Waals surface area contributed by atoms with E-state index in [1.54, 1.807) is 7.05 Å². The second kappa shape index (κ2) is 7.86. The van der Waals surface area contributed by atoms with Gasteiger partial charge in [-0.05, 0) is 19.4 Å². The zero-order valence-corrected chi connectivity index (χ0v) is 15.6. The van der Waals surface area contributed by atoms with Gasteiger partial charge in [0, 0.05) is 14.1 Å². The molecule has 3 aromatic rings. The summed E-state index contributed by atoms with van der Waals surface area (Å²) >= 11 is 0. The molecule has 0 saturated carbocycles. The zero-order chi connectivity index (χ0) is 18.5. The van der Waals surface area contributed by atoms with Gasteiger partial charge in [0.1, 0.15) is 11.6 Å². The average molecular weight is 352 g/mol. The van der Waals surface area contributed by atoms with Gasteiger partial charge in [-0.2, -0.15) is 0 Å². The summed E-state index contributed by atoms with van der Waals surface area (Å²) in [5, 5.41) is 3.26. The molecule has 7 nitrogen and oxygen atoms in total. The van der Waals surface area contributed by atoms with Gasteiger partial charge in [0.15, 0.2) is 5.96 Å². The number of imidazole rings is 1. The number of nitrogens with one attached hydrogen (secondary N) is 2. The highest BCUT2D eigenvalue weighted by Gasteiger charge is 2.12. The number of benzene rings is 1. The van der Waals surface area contributed by atoms with Gasteiger partial charge in [0.2, 0.25) is 5.89 Å². The summed E-state index contributed by atoms with van der Waals surface area (Å²) in [5.74, 6) is 3.11. The molecule has 0 fully saturated rings. The first-order chi connectivity index (χ1) is 12.6. The normalized spacial score (nSPS) is 11.6. The van der Waals surface area contributed by atoms with Crippen molar-refractivity contribution in [2.75, 3.05) is 14.1 Å². The van der Waals surface area contributed by atoms with Crippen LogP contribution >= 0.6 is 0 Å². The van der Waals surface area contributed by atoms with E-state index in [1.807, 2.05) is 50.2 Å². The third-order valence-corrected chi connectivity index (χ3v) is 4.14. The van der Waals surface area contributed by atoms with Crippen LogP contribution in [0.5, 0.6) is 0 Å². The molecule has 3 rings (SSSR count). The molecule has 0 aliphatic heterocycles. The highest BCUT2D eigenvalue weighted by molar-refractivity contribution is 5.79. The number of nitrogens with zero attached hydrogens (tertiary/aromatic N) is 4. The minimum absolute atomic E-state index is 0.485. The number of aromatic amines is 1. The maximum atomic E-state index is 5.59. The van der Waals surface area contributed by atoms with Crippen molar-refractivity contribution >= 4 is 5.96 Å². The Morgan fingerprint density at radius 1 is 1.27 bits per heavy atom. The second-order valence-corrected chi connectivity index (χ2v) is 6.12. The van der Waals surface area contributed by atoms with E-state index < -0.39 is 0 Å². The number of H-pyrrole nitrogens is 1. The van der Waals surface area contributed by atoms with Crippen LogP contribution in [0.1, 0.15) is 23.2 Å². The first kappa shape index (κ1) is 17.7. The molecule has 26 heavy (non-hydrogen) atoms. The van der Waals surface area contributed by atoms with E-state index in [0.717, 1.165) is 34.5 Å². The molecule has 0 spiro atoms. The standard InChI is InChI=1S/C19H24N6O/c1-13-14(2)26-18(23-13)11-22-19(20-3)25(4)12-17-21-10-16(24-17)15-8-6-5-7-9-15/h5-10H,11-12H2,1-4H3,(H,20,22)(H,21,24). The molecule has 136 valence electrons. The van der Waals surface area contributed by atoms with Crippen LogP contribution in [0.2, 0.25) is 0 Å². The topological polar surface area (TPSA) is 82.3 Å². The van der Waals surface area contributed by atoms with Gasteiger partial charge in [0.05, 0.1) is 30.7 Å². The first-order valence-electron chi connectivity index (χ1n) is 8.51. The predicted molar refractivity (Wildman–Crippen MR) is 102 cm³/mol. The van der Waals surface area contributed by atoms with Crippen molar-refractivity contribution in [3.05, 3.63) is 59.7 Å².